The van der Waals surface area contributed by atoms with Crippen LogP contribution in [0.5, 0.6) is 28.7 Å². The second kappa shape index (κ2) is 9.02. The molecule has 2 rings (SSSR count). The van der Waals surface area contributed by atoms with Gasteiger partial charge in [0.2, 0.25) is 5.75 Å². The highest BCUT2D eigenvalue weighted by atomic mass is 16.5. The van der Waals surface area contributed by atoms with Crippen molar-refractivity contribution >= 4 is 11.9 Å². The second-order valence-electron chi connectivity index (χ2n) is 4.76. The van der Waals surface area contributed by atoms with Crippen LogP contribution in [-0.4, -0.2) is 53.7 Å². The maximum Gasteiger partial charge on any atom is 0.335 e. The van der Waals surface area contributed by atoms with Gasteiger partial charge in [0.05, 0.1) is 32.5 Å². The lowest BCUT2D eigenvalue weighted by Gasteiger charge is -2.12. The lowest BCUT2D eigenvalue weighted by atomic mass is 10.2. The van der Waals surface area contributed by atoms with Gasteiger partial charge in [-0.15, -0.1) is 0 Å². The molecule has 0 bridgehead atoms. The minimum atomic E-state index is -1.18. The predicted octanol–water partition coefficient (Wildman–Crippen LogP) is 2.21. The first kappa shape index (κ1) is 20.4. The standard InChI is InChI=1S/C10H12O5.C7H6O4/c1-13-7-4-6(10(11)12)5-8(14-2)9(7)15-3;8-5-1-4(7(10)11)2-6(9)3-5/h4-5H,1-3H3,(H,11,12);1-3,8-9H,(H,10,11). The largest absolute Gasteiger partial charge is 0.508 e. The average Bonchev–Trinajstić information content (AvgIpc) is 2.59. The normalized spacial score (nSPS) is 9.50. The zero-order valence-electron chi connectivity index (χ0n) is 14.2. The molecule has 4 N–H and O–H groups in total. The molecule has 9 nitrogen and oxygen atoms in total. The van der Waals surface area contributed by atoms with Gasteiger partial charge in [-0.25, -0.2) is 9.59 Å². The number of carboxylic acids is 2. The van der Waals surface area contributed by atoms with E-state index in [4.69, 9.17) is 34.6 Å². The van der Waals surface area contributed by atoms with Crippen LogP contribution in [-0.2, 0) is 0 Å². The lowest BCUT2D eigenvalue weighted by Crippen LogP contribution is -2.01. The Morgan fingerprint density at radius 1 is 0.692 bits per heavy atom. The van der Waals surface area contributed by atoms with Gasteiger partial charge in [0, 0.05) is 6.07 Å². The molecule has 9 heteroatoms. The number of aromatic hydroxyl groups is 2. The van der Waals surface area contributed by atoms with Crippen LogP contribution in [0.2, 0.25) is 0 Å². The Bertz CT molecular complexity index is 754. The molecule has 0 aromatic heterocycles. The minimum absolute atomic E-state index is 0.0875. The van der Waals surface area contributed by atoms with Crippen molar-refractivity contribution in [2.24, 2.45) is 0 Å². The number of rotatable bonds is 5. The van der Waals surface area contributed by atoms with Gasteiger partial charge < -0.3 is 34.6 Å². The Kier molecular flexibility index (Phi) is 7.08. The Morgan fingerprint density at radius 3 is 1.38 bits per heavy atom. The monoisotopic (exact) mass is 366 g/mol. The van der Waals surface area contributed by atoms with Gasteiger partial charge >= 0.3 is 11.9 Å². The van der Waals surface area contributed by atoms with Crippen LogP contribution in [0.4, 0.5) is 0 Å². The third-order valence-electron chi connectivity index (χ3n) is 3.06. The molecule has 0 amide bonds. The summed E-state index contributed by atoms with van der Waals surface area (Å²) in [5.41, 5.74) is -0.0491. The molecule has 2 aromatic rings. The minimum Gasteiger partial charge on any atom is -0.508 e. The van der Waals surface area contributed by atoms with E-state index in [9.17, 15) is 9.59 Å². The lowest BCUT2D eigenvalue weighted by molar-refractivity contribution is 0.0685. The molecule has 0 radical (unpaired) electrons. The summed E-state index contributed by atoms with van der Waals surface area (Å²) in [4.78, 5) is 21.1. The van der Waals surface area contributed by atoms with Gasteiger partial charge in [0.15, 0.2) is 11.5 Å². The molecule has 0 spiro atoms. The Balaban J connectivity index is 0.000000273. The fraction of sp³-hybridized carbons (Fsp3) is 0.176. The van der Waals surface area contributed by atoms with Crippen molar-refractivity contribution < 1.29 is 44.2 Å². The van der Waals surface area contributed by atoms with Gasteiger partial charge in [0.25, 0.3) is 0 Å². The van der Waals surface area contributed by atoms with Gasteiger partial charge in [-0.1, -0.05) is 0 Å². The number of benzene rings is 2. The summed E-state index contributed by atoms with van der Waals surface area (Å²) in [7, 11) is 4.33. The van der Waals surface area contributed by atoms with E-state index in [1.54, 1.807) is 0 Å². The number of ether oxygens (including phenoxy) is 3. The molecule has 0 aliphatic carbocycles. The summed E-state index contributed by atoms with van der Waals surface area (Å²) in [6.45, 7) is 0. The van der Waals surface area contributed by atoms with Crippen LogP contribution in [0.1, 0.15) is 20.7 Å². The summed E-state index contributed by atoms with van der Waals surface area (Å²) >= 11 is 0. The van der Waals surface area contributed by atoms with Crippen molar-refractivity contribution in [3.8, 4) is 28.7 Å². The fourth-order valence-corrected chi connectivity index (χ4v) is 1.92. The Morgan fingerprint density at radius 2 is 1.08 bits per heavy atom. The number of carboxylic acid groups (broad SMARTS) is 2. The van der Waals surface area contributed by atoms with E-state index in [0.717, 1.165) is 18.2 Å². The van der Waals surface area contributed by atoms with E-state index in [2.05, 4.69) is 0 Å². The smallest absolute Gasteiger partial charge is 0.335 e. The van der Waals surface area contributed by atoms with Crippen molar-refractivity contribution in [1.29, 1.82) is 0 Å². The molecule has 0 heterocycles. The van der Waals surface area contributed by atoms with Crippen LogP contribution >= 0.6 is 0 Å². The third kappa shape index (κ3) is 5.20. The number of hydrogen-bond donors (Lipinski definition) is 4. The van der Waals surface area contributed by atoms with Gasteiger partial charge in [-0.05, 0) is 24.3 Å². The van der Waals surface area contributed by atoms with Crippen LogP contribution < -0.4 is 14.2 Å². The van der Waals surface area contributed by atoms with Gasteiger partial charge in [-0.2, -0.15) is 0 Å². The maximum atomic E-state index is 10.8. The van der Waals surface area contributed by atoms with Crippen molar-refractivity contribution in [3.05, 3.63) is 41.5 Å². The zero-order chi connectivity index (χ0) is 19.9. The van der Waals surface area contributed by atoms with Crippen LogP contribution in [0, 0.1) is 0 Å². The topological polar surface area (TPSA) is 143 Å². The van der Waals surface area contributed by atoms with Crippen LogP contribution in [0.25, 0.3) is 0 Å². The highest BCUT2D eigenvalue weighted by Gasteiger charge is 2.15. The number of carbonyl (C=O) groups is 2. The molecule has 2 aromatic carbocycles. The molecular weight excluding hydrogens is 348 g/mol. The van der Waals surface area contributed by atoms with E-state index in [1.807, 2.05) is 0 Å². The third-order valence-corrected chi connectivity index (χ3v) is 3.06. The number of phenolic OH excluding ortho intramolecular Hbond substituents is 2. The molecule has 0 atom stereocenters. The molecule has 26 heavy (non-hydrogen) atoms. The van der Waals surface area contributed by atoms with E-state index >= 15 is 0 Å². The average molecular weight is 366 g/mol. The summed E-state index contributed by atoms with van der Waals surface area (Å²) in [5, 5.41) is 34.9. The number of hydrogen-bond acceptors (Lipinski definition) is 7. The van der Waals surface area contributed by atoms with Crippen molar-refractivity contribution in [2.45, 2.75) is 0 Å². The quantitative estimate of drug-likeness (QED) is 0.626. The molecule has 0 aliphatic heterocycles. The maximum absolute atomic E-state index is 10.8. The van der Waals surface area contributed by atoms with Crippen molar-refractivity contribution in [1.82, 2.24) is 0 Å². The molecular formula is C17H18O9. The number of methoxy groups -OCH3 is 3. The molecule has 0 saturated carbocycles. The highest BCUT2D eigenvalue weighted by Crippen LogP contribution is 2.38. The Labute approximate surface area is 148 Å². The molecule has 0 aliphatic rings. The van der Waals surface area contributed by atoms with Crippen LogP contribution in [0.15, 0.2) is 30.3 Å². The zero-order valence-corrected chi connectivity index (χ0v) is 14.2. The van der Waals surface area contributed by atoms with Gasteiger partial charge in [-0.3, -0.25) is 0 Å². The summed E-state index contributed by atoms with van der Waals surface area (Å²) < 4.78 is 15.1. The van der Waals surface area contributed by atoms with Crippen molar-refractivity contribution in [2.75, 3.05) is 21.3 Å². The van der Waals surface area contributed by atoms with Gasteiger partial charge in [0.1, 0.15) is 11.5 Å². The van der Waals surface area contributed by atoms with E-state index in [1.165, 1.54) is 33.5 Å². The molecule has 0 unspecified atom stereocenters. The van der Waals surface area contributed by atoms with E-state index in [0.29, 0.717) is 17.2 Å². The predicted molar refractivity (Wildman–Crippen MR) is 89.8 cm³/mol. The molecule has 0 saturated heterocycles. The summed E-state index contributed by atoms with van der Waals surface area (Å²) in [6, 6.07) is 5.93. The molecule has 140 valence electrons. The van der Waals surface area contributed by atoms with E-state index in [-0.39, 0.29) is 22.6 Å². The Hall–Kier alpha value is -3.62. The summed E-state index contributed by atoms with van der Waals surface area (Å²) in [5.74, 6) is -1.72. The summed E-state index contributed by atoms with van der Waals surface area (Å²) in [6.07, 6.45) is 0. The van der Waals surface area contributed by atoms with E-state index < -0.39 is 11.9 Å². The first-order chi connectivity index (χ1) is 12.2. The fourth-order valence-electron chi connectivity index (χ4n) is 1.92. The number of phenols is 2. The van der Waals surface area contributed by atoms with Crippen molar-refractivity contribution in [3.63, 3.8) is 0 Å². The van der Waals surface area contributed by atoms with Crippen LogP contribution in [0.3, 0.4) is 0 Å². The first-order valence-electron chi connectivity index (χ1n) is 7.03. The SMILES string of the molecule is COc1cc(C(=O)O)cc(OC)c1OC.O=C(O)c1cc(O)cc(O)c1. The molecule has 0 fully saturated rings. The number of aromatic carboxylic acids is 2. The first-order valence-corrected chi connectivity index (χ1v) is 7.03. The second-order valence-corrected chi connectivity index (χ2v) is 4.76. The highest BCUT2D eigenvalue weighted by molar-refractivity contribution is 5.89.